The zero-order valence-electron chi connectivity index (χ0n) is 39.2. The van der Waals surface area contributed by atoms with Gasteiger partial charge >= 0.3 is 11.9 Å². The molecule has 8 nitrogen and oxygen atoms in total. The zero-order chi connectivity index (χ0) is 42.3. The van der Waals surface area contributed by atoms with Crippen LogP contribution in [0.25, 0.3) is 0 Å². The molecule has 57 heavy (non-hydrogen) atoms. The monoisotopic (exact) mass is 806 g/mol. The molecule has 2 atom stereocenters. The third kappa shape index (κ3) is 31.0. The molecule has 1 aliphatic rings. The van der Waals surface area contributed by atoms with Gasteiger partial charge in [0, 0.05) is 58.0 Å². The number of hydrogen-bond acceptors (Lipinski definition) is 7. The predicted molar refractivity (Wildman–Crippen MR) is 240 cm³/mol. The highest BCUT2D eigenvalue weighted by molar-refractivity contribution is 5.76. The van der Waals surface area contributed by atoms with Crippen LogP contribution in [-0.2, 0) is 23.9 Å². The summed E-state index contributed by atoms with van der Waals surface area (Å²) in [5.41, 5.74) is 0. The van der Waals surface area contributed by atoms with Gasteiger partial charge in [-0.25, -0.2) is 0 Å². The van der Waals surface area contributed by atoms with Gasteiger partial charge in [0.05, 0.1) is 13.2 Å². The molecule has 1 aliphatic heterocycles. The van der Waals surface area contributed by atoms with Crippen molar-refractivity contribution in [1.29, 1.82) is 0 Å². The van der Waals surface area contributed by atoms with Gasteiger partial charge in [-0.05, 0) is 81.1 Å². The Balaban J connectivity index is 2.28. The van der Waals surface area contributed by atoms with Crippen LogP contribution in [-0.4, -0.2) is 86.7 Å². The Bertz CT molecular complexity index is 936. The number of hydrogen-bond donors (Lipinski definition) is 1. The van der Waals surface area contributed by atoms with E-state index in [2.05, 4.69) is 77.6 Å². The highest BCUT2D eigenvalue weighted by Crippen LogP contribution is 2.23. The van der Waals surface area contributed by atoms with Crippen molar-refractivity contribution in [1.82, 2.24) is 15.1 Å². The lowest BCUT2D eigenvalue weighted by Gasteiger charge is -2.32. The standard InChI is InChI=1S/C49H95N3O5/c1-40(2)28-30-44(42(5)6)38-56-48(54)26-22-18-14-10-12-16-20-24-46(50-47(53)32-33-52-36-34-51(9)35-37-52)25-21-17-13-11-15-19-23-27-49(55)57-39-45(43(7)8)31-29-41(3)4/h40-46H,10-39H2,1-9H3,(H,50,53). The average molecular weight is 806 g/mol. The number of nitrogens with zero attached hydrogens (tertiary/aromatic N) is 2. The summed E-state index contributed by atoms with van der Waals surface area (Å²) in [7, 11) is 2.17. The van der Waals surface area contributed by atoms with Crippen LogP contribution in [0.5, 0.6) is 0 Å². The van der Waals surface area contributed by atoms with Gasteiger partial charge in [-0.3, -0.25) is 14.4 Å². The Morgan fingerprint density at radius 2 is 0.877 bits per heavy atom. The molecule has 1 saturated heterocycles. The number of rotatable bonds is 36. The molecule has 1 N–H and O–H groups in total. The molecule has 0 aromatic heterocycles. The first-order valence-electron chi connectivity index (χ1n) is 24.3. The Labute approximate surface area is 353 Å². The summed E-state index contributed by atoms with van der Waals surface area (Å²) in [6.45, 7) is 24.2. The normalized spacial score (nSPS) is 15.7. The van der Waals surface area contributed by atoms with Crippen LogP contribution in [0.1, 0.15) is 203 Å². The van der Waals surface area contributed by atoms with E-state index in [4.69, 9.17) is 9.47 Å². The summed E-state index contributed by atoms with van der Waals surface area (Å²) >= 11 is 0. The second-order valence-electron chi connectivity index (χ2n) is 19.5. The summed E-state index contributed by atoms with van der Waals surface area (Å²) in [4.78, 5) is 42.5. The first-order valence-corrected chi connectivity index (χ1v) is 24.3. The smallest absolute Gasteiger partial charge is 0.305 e. The molecule has 8 heteroatoms. The number of amides is 1. The number of carbonyl (C=O) groups is 3. The maximum Gasteiger partial charge on any atom is 0.305 e. The second kappa shape index (κ2) is 34.1. The first-order chi connectivity index (χ1) is 27.3. The number of piperazine rings is 1. The fourth-order valence-electron chi connectivity index (χ4n) is 7.86. The summed E-state index contributed by atoms with van der Waals surface area (Å²) in [6, 6.07) is 0.267. The largest absolute Gasteiger partial charge is 0.465 e. The minimum Gasteiger partial charge on any atom is -0.465 e. The van der Waals surface area contributed by atoms with Crippen LogP contribution in [0, 0.1) is 35.5 Å². The molecule has 0 aromatic rings. The van der Waals surface area contributed by atoms with Gasteiger partial charge in [0.25, 0.3) is 0 Å². The van der Waals surface area contributed by atoms with Crippen LogP contribution in [0.15, 0.2) is 0 Å². The van der Waals surface area contributed by atoms with Gasteiger partial charge < -0.3 is 24.6 Å². The summed E-state index contributed by atoms with van der Waals surface area (Å²) in [6.07, 6.45) is 24.4. The van der Waals surface area contributed by atoms with Gasteiger partial charge in [-0.2, -0.15) is 0 Å². The quantitative estimate of drug-likeness (QED) is 0.0498. The third-order valence-electron chi connectivity index (χ3n) is 12.5. The molecule has 1 rings (SSSR count). The molecule has 0 bridgehead atoms. The highest BCUT2D eigenvalue weighted by Gasteiger charge is 2.19. The molecular formula is C49H95N3O5. The van der Waals surface area contributed by atoms with Gasteiger partial charge in [0.1, 0.15) is 0 Å². The maximum absolute atomic E-state index is 13.0. The van der Waals surface area contributed by atoms with Crippen LogP contribution in [0.2, 0.25) is 0 Å². The minimum absolute atomic E-state index is 0.0289. The Hall–Kier alpha value is -1.67. The van der Waals surface area contributed by atoms with Crippen LogP contribution in [0.4, 0.5) is 0 Å². The number of unbranched alkanes of at least 4 members (excludes halogenated alkanes) is 12. The summed E-state index contributed by atoms with van der Waals surface area (Å²) < 4.78 is 11.3. The van der Waals surface area contributed by atoms with Crippen LogP contribution >= 0.6 is 0 Å². The molecule has 0 aromatic carbocycles. The summed E-state index contributed by atoms with van der Waals surface area (Å²) in [5.74, 6) is 3.54. The molecule has 0 aliphatic carbocycles. The van der Waals surface area contributed by atoms with Crippen molar-refractivity contribution < 1.29 is 23.9 Å². The summed E-state index contributed by atoms with van der Waals surface area (Å²) in [5, 5.41) is 3.43. The Morgan fingerprint density at radius 1 is 0.491 bits per heavy atom. The van der Waals surface area contributed by atoms with E-state index >= 15 is 0 Å². The van der Waals surface area contributed by atoms with Gasteiger partial charge in [-0.15, -0.1) is 0 Å². The van der Waals surface area contributed by atoms with E-state index in [0.29, 0.717) is 68.0 Å². The fourth-order valence-corrected chi connectivity index (χ4v) is 7.86. The van der Waals surface area contributed by atoms with Crippen LogP contribution in [0.3, 0.4) is 0 Å². The maximum atomic E-state index is 13.0. The van der Waals surface area contributed by atoms with Crippen molar-refractivity contribution in [3.05, 3.63) is 0 Å². The molecule has 1 amide bonds. The Morgan fingerprint density at radius 3 is 1.26 bits per heavy atom. The molecule has 1 fully saturated rings. The van der Waals surface area contributed by atoms with E-state index in [1.165, 1.54) is 64.2 Å². The van der Waals surface area contributed by atoms with Crippen molar-refractivity contribution in [3.63, 3.8) is 0 Å². The van der Waals surface area contributed by atoms with Gasteiger partial charge in [0.2, 0.25) is 5.91 Å². The topological polar surface area (TPSA) is 88.2 Å². The number of esters is 2. The first kappa shape index (κ1) is 53.3. The number of carbonyl (C=O) groups excluding carboxylic acids is 3. The third-order valence-corrected chi connectivity index (χ3v) is 12.5. The lowest BCUT2D eigenvalue weighted by atomic mass is 9.89. The average Bonchev–Trinajstić information content (AvgIpc) is 3.15. The van der Waals surface area contributed by atoms with Gasteiger partial charge in [0.15, 0.2) is 0 Å². The van der Waals surface area contributed by atoms with Crippen molar-refractivity contribution in [2.45, 2.75) is 209 Å². The molecule has 0 spiro atoms. The van der Waals surface area contributed by atoms with E-state index in [1.54, 1.807) is 0 Å². The fraction of sp³-hybridized carbons (Fsp3) is 0.939. The molecule has 0 saturated carbocycles. The van der Waals surface area contributed by atoms with E-state index in [9.17, 15) is 14.4 Å². The van der Waals surface area contributed by atoms with Gasteiger partial charge in [-0.1, -0.05) is 145 Å². The SMILES string of the molecule is CC(C)CCC(COC(=O)CCCCCCCCCC(CCCCCCCCCC(=O)OCC(CCC(C)C)C(C)C)NC(=O)CCN1CCN(C)CC1)C(C)C. The zero-order valence-corrected chi connectivity index (χ0v) is 39.2. The highest BCUT2D eigenvalue weighted by atomic mass is 16.5. The molecule has 336 valence electrons. The van der Waals surface area contributed by atoms with E-state index in [-0.39, 0.29) is 23.9 Å². The van der Waals surface area contributed by atoms with Crippen LogP contribution < -0.4 is 5.32 Å². The minimum atomic E-state index is -0.0289. The number of nitrogens with one attached hydrogen (secondary N) is 1. The van der Waals surface area contributed by atoms with E-state index in [1.807, 2.05) is 0 Å². The lowest BCUT2D eigenvalue weighted by molar-refractivity contribution is -0.146. The Kier molecular flexibility index (Phi) is 31.9. The lowest BCUT2D eigenvalue weighted by Crippen LogP contribution is -2.46. The molecule has 2 unspecified atom stereocenters. The van der Waals surface area contributed by atoms with Crippen molar-refractivity contribution in [2.24, 2.45) is 35.5 Å². The predicted octanol–water partition coefficient (Wildman–Crippen LogP) is 11.6. The van der Waals surface area contributed by atoms with Crippen molar-refractivity contribution >= 4 is 17.8 Å². The van der Waals surface area contributed by atoms with Crippen molar-refractivity contribution in [3.8, 4) is 0 Å². The number of likely N-dealkylation sites (N-methyl/N-ethyl adjacent to an activating group) is 1. The van der Waals surface area contributed by atoms with E-state index in [0.717, 1.165) is 96.9 Å². The second-order valence-corrected chi connectivity index (χ2v) is 19.5. The number of ether oxygens (including phenoxy) is 2. The molecule has 0 radical (unpaired) electrons. The molecular weight excluding hydrogens is 711 g/mol. The van der Waals surface area contributed by atoms with Crippen molar-refractivity contribution in [2.75, 3.05) is 53.0 Å². The molecule has 1 heterocycles. The van der Waals surface area contributed by atoms with E-state index < -0.39 is 0 Å².